The molecule has 2 rings (SSSR count). The molecule has 0 radical (unpaired) electrons. The van der Waals surface area contributed by atoms with Crippen molar-refractivity contribution < 1.29 is 4.39 Å². The Balaban J connectivity index is 1.90. The molecule has 0 bridgehead atoms. The van der Waals surface area contributed by atoms with Crippen LogP contribution >= 0.6 is 22.9 Å². The van der Waals surface area contributed by atoms with E-state index in [0.717, 1.165) is 18.5 Å². The smallest absolute Gasteiger partial charge is 0.142 e. The van der Waals surface area contributed by atoms with E-state index >= 15 is 0 Å². The Hall–Kier alpha value is -0.900. The highest BCUT2D eigenvalue weighted by Gasteiger charge is 2.05. The summed E-state index contributed by atoms with van der Waals surface area (Å²) in [4.78, 5) is 2.68. The first-order valence-electron chi connectivity index (χ1n) is 5.92. The summed E-state index contributed by atoms with van der Waals surface area (Å²) in [5.74, 6) is -0.361. The molecule has 0 atom stereocenters. The Kier molecular flexibility index (Phi) is 4.75. The minimum Gasteiger partial charge on any atom is -0.308 e. The Labute approximate surface area is 116 Å². The minimum atomic E-state index is -0.361. The van der Waals surface area contributed by atoms with Gasteiger partial charge in [0.2, 0.25) is 0 Å². The highest BCUT2D eigenvalue weighted by atomic mass is 35.5. The van der Waals surface area contributed by atoms with E-state index in [9.17, 15) is 4.39 Å². The van der Waals surface area contributed by atoms with Crippen molar-refractivity contribution in [3.05, 3.63) is 56.5 Å². The molecule has 0 amide bonds. The third kappa shape index (κ3) is 3.31. The molecule has 0 aliphatic heterocycles. The molecular weight excluding hydrogens is 269 g/mol. The van der Waals surface area contributed by atoms with Crippen LogP contribution in [0.25, 0.3) is 0 Å². The van der Waals surface area contributed by atoms with E-state index < -0.39 is 0 Å². The maximum absolute atomic E-state index is 13.2. The molecule has 4 heteroatoms. The van der Waals surface area contributed by atoms with Crippen molar-refractivity contribution in [1.82, 2.24) is 5.32 Å². The first-order valence-corrected chi connectivity index (χ1v) is 7.11. The van der Waals surface area contributed by atoms with Gasteiger partial charge in [-0.05, 0) is 30.2 Å². The van der Waals surface area contributed by atoms with Crippen LogP contribution < -0.4 is 5.32 Å². The number of hydrogen-bond donors (Lipinski definition) is 1. The molecule has 0 saturated heterocycles. The summed E-state index contributed by atoms with van der Waals surface area (Å²) in [7, 11) is 0. The van der Waals surface area contributed by atoms with Crippen molar-refractivity contribution in [2.45, 2.75) is 26.4 Å². The van der Waals surface area contributed by atoms with Gasteiger partial charge in [-0.1, -0.05) is 30.7 Å². The zero-order chi connectivity index (χ0) is 13.0. The lowest BCUT2D eigenvalue weighted by Gasteiger charge is -2.06. The van der Waals surface area contributed by atoms with Crippen molar-refractivity contribution in [3.8, 4) is 0 Å². The SMILES string of the molecule is CCc1ccc(CNCc2cccc(F)c2Cl)s1. The van der Waals surface area contributed by atoms with E-state index in [1.165, 1.54) is 15.8 Å². The summed E-state index contributed by atoms with van der Waals surface area (Å²) < 4.78 is 13.2. The van der Waals surface area contributed by atoms with E-state index in [1.54, 1.807) is 17.4 Å². The fraction of sp³-hybridized carbons (Fsp3) is 0.286. The van der Waals surface area contributed by atoms with Crippen molar-refractivity contribution >= 4 is 22.9 Å². The lowest BCUT2D eigenvalue weighted by Crippen LogP contribution is -2.12. The second kappa shape index (κ2) is 6.32. The van der Waals surface area contributed by atoms with Crippen LogP contribution in [-0.2, 0) is 19.5 Å². The van der Waals surface area contributed by atoms with Crippen LogP contribution in [-0.4, -0.2) is 0 Å². The maximum atomic E-state index is 13.2. The third-order valence-electron chi connectivity index (χ3n) is 2.71. The Morgan fingerprint density at radius 3 is 2.67 bits per heavy atom. The van der Waals surface area contributed by atoms with Gasteiger partial charge in [0.15, 0.2) is 0 Å². The van der Waals surface area contributed by atoms with Gasteiger partial charge >= 0.3 is 0 Å². The zero-order valence-corrected chi connectivity index (χ0v) is 11.7. The molecule has 1 nitrogen and oxygen atoms in total. The van der Waals surface area contributed by atoms with Crippen LogP contribution in [0.2, 0.25) is 5.02 Å². The van der Waals surface area contributed by atoms with Gasteiger partial charge in [-0.25, -0.2) is 4.39 Å². The molecule has 1 aromatic carbocycles. The molecule has 0 aliphatic rings. The first-order chi connectivity index (χ1) is 8.70. The lowest BCUT2D eigenvalue weighted by atomic mass is 10.2. The van der Waals surface area contributed by atoms with Crippen molar-refractivity contribution in [3.63, 3.8) is 0 Å². The molecular formula is C14H15ClFNS. The van der Waals surface area contributed by atoms with E-state index in [4.69, 9.17) is 11.6 Å². The highest BCUT2D eigenvalue weighted by molar-refractivity contribution is 7.11. The monoisotopic (exact) mass is 283 g/mol. The summed E-state index contributed by atoms with van der Waals surface area (Å²) >= 11 is 7.69. The van der Waals surface area contributed by atoms with Crippen molar-refractivity contribution in [2.75, 3.05) is 0 Å². The maximum Gasteiger partial charge on any atom is 0.142 e. The van der Waals surface area contributed by atoms with E-state index in [-0.39, 0.29) is 10.8 Å². The Morgan fingerprint density at radius 2 is 1.94 bits per heavy atom. The van der Waals surface area contributed by atoms with Gasteiger partial charge < -0.3 is 5.32 Å². The van der Waals surface area contributed by atoms with Crippen LogP contribution in [0.1, 0.15) is 22.2 Å². The summed E-state index contributed by atoms with van der Waals surface area (Å²) in [5, 5.41) is 3.50. The van der Waals surface area contributed by atoms with Gasteiger partial charge in [0, 0.05) is 22.8 Å². The average Bonchev–Trinajstić information content (AvgIpc) is 2.82. The summed E-state index contributed by atoms with van der Waals surface area (Å²) in [6, 6.07) is 9.17. The van der Waals surface area contributed by atoms with E-state index in [0.29, 0.717) is 6.54 Å². The van der Waals surface area contributed by atoms with Crippen LogP contribution in [0.5, 0.6) is 0 Å². The average molecular weight is 284 g/mol. The number of rotatable bonds is 5. The first kappa shape index (κ1) is 13.5. The van der Waals surface area contributed by atoms with Gasteiger partial charge in [0.05, 0.1) is 5.02 Å². The molecule has 96 valence electrons. The number of benzene rings is 1. The third-order valence-corrected chi connectivity index (χ3v) is 4.36. The van der Waals surface area contributed by atoms with E-state index in [1.807, 2.05) is 6.07 Å². The van der Waals surface area contributed by atoms with Crippen molar-refractivity contribution in [1.29, 1.82) is 0 Å². The normalized spacial score (nSPS) is 10.8. The zero-order valence-electron chi connectivity index (χ0n) is 10.2. The second-order valence-corrected chi connectivity index (χ2v) is 5.67. The fourth-order valence-corrected chi connectivity index (χ4v) is 2.83. The van der Waals surface area contributed by atoms with Crippen LogP contribution in [0, 0.1) is 5.82 Å². The lowest BCUT2D eigenvalue weighted by molar-refractivity contribution is 0.621. The van der Waals surface area contributed by atoms with Gasteiger partial charge in [-0.2, -0.15) is 0 Å². The molecule has 0 fully saturated rings. The van der Waals surface area contributed by atoms with Gasteiger partial charge in [0.25, 0.3) is 0 Å². The standard InChI is InChI=1S/C14H15ClFNS/c1-2-11-6-7-12(18-11)9-17-8-10-4-3-5-13(16)14(10)15/h3-7,17H,2,8-9H2,1H3. The number of thiophene rings is 1. The number of aryl methyl sites for hydroxylation is 1. The topological polar surface area (TPSA) is 12.0 Å². The second-order valence-electron chi connectivity index (χ2n) is 4.04. The number of halogens is 2. The van der Waals surface area contributed by atoms with Crippen LogP contribution in [0.3, 0.4) is 0 Å². The van der Waals surface area contributed by atoms with Gasteiger partial charge in [-0.15, -0.1) is 11.3 Å². The summed E-state index contributed by atoms with van der Waals surface area (Å²) in [6.45, 7) is 3.52. The van der Waals surface area contributed by atoms with Gasteiger partial charge in [0.1, 0.15) is 5.82 Å². The molecule has 18 heavy (non-hydrogen) atoms. The number of nitrogens with one attached hydrogen (secondary N) is 1. The van der Waals surface area contributed by atoms with Crippen LogP contribution in [0.15, 0.2) is 30.3 Å². The molecule has 0 unspecified atom stereocenters. The Morgan fingerprint density at radius 1 is 1.17 bits per heavy atom. The number of hydrogen-bond acceptors (Lipinski definition) is 2. The van der Waals surface area contributed by atoms with Gasteiger partial charge in [-0.3, -0.25) is 0 Å². The molecule has 0 saturated carbocycles. The summed E-state index contributed by atoms with van der Waals surface area (Å²) in [5.41, 5.74) is 0.795. The molecule has 1 heterocycles. The highest BCUT2D eigenvalue weighted by Crippen LogP contribution is 2.20. The van der Waals surface area contributed by atoms with Crippen LogP contribution in [0.4, 0.5) is 4.39 Å². The van der Waals surface area contributed by atoms with Crippen molar-refractivity contribution in [2.24, 2.45) is 0 Å². The largest absolute Gasteiger partial charge is 0.308 e. The molecule has 1 N–H and O–H groups in total. The Bertz CT molecular complexity index is 524. The van der Waals surface area contributed by atoms with E-state index in [2.05, 4.69) is 24.4 Å². The minimum absolute atomic E-state index is 0.213. The summed E-state index contributed by atoms with van der Waals surface area (Å²) in [6.07, 6.45) is 1.07. The fourth-order valence-electron chi connectivity index (χ4n) is 1.71. The molecule has 1 aromatic heterocycles. The molecule has 0 aliphatic carbocycles. The predicted molar refractivity (Wildman–Crippen MR) is 75.7 cm³/mol. The quantitative estimate of drug-likeness (QED) is 0.858. The predicted octanol–water partition coefficient (Wildman–Crippen LogP) is 4.39. The molecule has 2 aromatic rings. The molecule has 0 spiro atoms.